The molecule has 2 atom stereocenters. The summed E-state index contributed by atoms with van der Waals surface area (Å²) in [5, 5.41) is 4.31. The molecule has 1 amide bonds. The van der Waals surface area contributed by atoms with Crippen LogP contribution in [0.2, 0.25) is 5.02 Å². The summed E-state index contributed by atoms with van der Waals surface area (Å²) in [5.74, 6) is -0.719. The van der Waals surface area contributed by atoms with E-state index in [0.717, 1.165) is 25.0 Å². The summed E-state index contributed by atoms with van der Waals surface area (Å²) >= 11 is 6.35. The maximum absolute atomic E-state index is 14.7. The Kier molecular flexibility index (Phi) is 5.93. The second kappa shape index (κ2) is 8.65. The lowest BCUT2D eigenvalue weighted by atomic mass is 9.92. The van der Waals surface area contributed by atoms with Crippen molar-refractivity contribution in [3.8, 4) is 11.1 Å². The standard InChI is InChI=1S/C26H25ClF4N4O2/c1-25(2,3)37-24(36)35-22(17-10-15(28)4-7-19(17)27)21-18(23(35)26(29,30)31)8-13(9-20(21)32)14-11-33-34(12-14)16-5-6-16/h4,7-12,16,22-23H,5-6,32H2,1-3H3. The van der Waals surface area contributed by atoms with Gasteiger partial charge in [0.05, 0.1) is 18.3 Å². The molecule has 2 N–H and O–H groups in total. The first kappa shape index (κ1) is 25.4. The third kappa shape index (κ3) is 4.74. The van der Waals surface area contributed by atoms with Gasteiger partial charge in [-0.1, -0.05) is 11.6 Å². The molecule has 2 aliphatic rings. The molecule has 0 spiro atoms. The molecule has 5 rings (SSSR count). The van der Waals surface area contributed by atoms with Gasteiger partial charge in [-0.2, -0.15) is 18.3 Å². The molecular weight excluding hydrogens is 512 g/mol. The predicted octanol–water partition coefficient (Wildman–Crippen LogP) is 7.20. The van der Waals surface area contributed by atoms with Crippen molar-refractivity contribution >= 4 is 23.4 Å². The molecule has 0 bridgehead atoms. The van der Waals surface area contributed by atoms with Crippen LogP contribution in [0.4, 0.5) is 28.0 Å². The second-order valence-electron chi connectivity index (χ2n) is 10.4. The fraction of sp³-hybridized carbons (Fsp3) is 0.385. The maximum Gasteiger partial charge on any atom is 0.413 e. The molecule has 1 aliphatic heterocycles. The predicted molar refractivity (Wildman–Crippen MR) is 130 cm³/mol. The number of rotatable bonds is 3. The van der Waals surface area contributed by atoms with Crippen molar-refractivity contribution in [2.75, 3.05) is 5.73 Å². The number of carbonyl (C=O) groups is 1. The number of aromatic nitrogens is 2. The summed E-state index contributed by atoms with van der Waals surface area (Å²) in [6.07, 6.45) is -0.802. The Morgan fingerprint density at radius 2 is 1.81 bits per heavy atom. The van der Waals surface area contributed by atoms with Crippen molar-refractivity contribution in [3.63, 3.8) is 0 Å². The van der Waals surface area contributed by atoms with E-state index in [1.807, 2.05) is 0 Å². The highest BCUT2D eigenvalue weighted by Gasteiger charge is 2.57. The van der Waals surface area contributed by atoms with E-state index in [1.54, 1.807) is 43.9 Å². The molecular formula is C26H25ClF4N4O2. The van der Waals surface area contributed by atoms with Gasteiger partial charge in [0.1, 0.15) is 11.4 Å². The molecule has 1 aromatic heterocycles. The third-order valence-electron chi connectivity index (χ3n) is 6.39. The van der Waals surface area contributed by atoms with Crippen molar-refractivity contribution < 1.29 is 27.1 Å². The van der Waals surface area contributed by atoms with Gasteiger partial charge in [-0.05, 0) is 75.1 Å². The van der Waals surface area contributed by atoms with Crippen LogP contribution in [-0.4, -0.2) is 32.6 Å². The fourth-order valence-electron chi connectivity index (χ4n) is 4.76. The van der Waals surface area contributed by atoms with Crippen molar-refractivity contribution in [1.82, 2.24) is 14.7 Å². The van der Waals surface area contributed by atoms with Crippen LogP contribution in [0.15, 0.2) is 42.7 Å². The summed E-state index contributed by atoms with van der Waals surface area (Å²) in [5.41, 5.74) is 6.11. The zero-order valence-corrected chi connectivity index (χ0v) is 21.1. The Balaban J connectivity index is 1.73. The summed E-state index contributed by atoms with van der Waals surface area (Å²) in [6, 6.07) is 2.69. The highest BCUT2D eigenvalue weighted by atomic mass is 35.5. The van der Waals surface area contributed by atoms with Crippen molar-refractivity contribution in [3.05, 3.63) is 70.3 Å². The lowest BCUT2D eigenvalue weighted by molar-refractivity contribution is -0.182. The number of nitrogens with two attached hydrogens (primary N) is 1. The highest BCUT2D eigenvalue weighted by Crippen LogP contribution is 2.56. The Morgan fingerprint density at radius 3 is 2.43 bits per heavy atom. The van der Waals surface area contributed by atoms with E-state index in [-0.39, 0.29) is 33.4 Å². The van der Waals surface area contributed by atoms with Crippen LogP contribution in [0.1, 0.15) is 68.4 Å². The Hall–Kier alpha value is -3.27. The summed E-state index contributed by atoms with van der Waals surface area (Å²) in [7, 11) is 0. The summed E-state index contributed by atoms with van der Waals surface area (Å²) in [4.78, 5) is 13.9. The lowest BCUT2D eigenvalue weighted by Crippen LogP contribution is -2.43. The minimum atomic E-state index is -4.90. The molecule has 1 saturated carbocycles. The van der Waals surface area contributed by atoms with E-state index < -0.39 is 35.8 Å². The number of hydrogen-bond donors (Lipinski definition) is 1. The highest BCUT2D eigenvalue weighted by molar-refractivity contribution is 6.31. The van der Waals surface area contributed by atoms with Gasteiger partial charge in [0, 0.05) is 33.6 Å². The SMILES string of the molecule is CC(C)(C)OC(=O)N1C(c2cc(F)ccc2Cl)c2c(N)cc(-c3cnn(C4CC4)c3)cc2C1C(F)(F)F. The smallest absolute Gasteiger partial charge is 0.413 e. The second-order valence-corrected chi connectivity index (χ2v) is 10.8. The summed E-state index contributed by atoms with van der Waals surface area (Å²) < 4.78 is 65.6. The Bertz CT molecular complexity index is 1380. The number of halogens is 5. The summed E-state index contributed by atoms with van der Waals surface area (Å²) in [6.45, 7) is 4.64. The van der Waals surface area contributed by atoms with Gasteiger partial charge in [-0.25, -0.2) is 9.18 Å². The molecule has 3 aromatic rings. The zero-order chi connectivity index (χ0) is 26.9. The van der Waals surface area contributed by atoms with E-state index in [0.29, 0.717) is 16.0 Å². The third-order valence-corrected chi connectivity index (χ3v) is 6.74. The van der Waals surface area contributed by atoms with Gasteiger partial charge in [0.15, 0.2) is 6.04 Å². The van der Waals surface area contributed by atoms with E-state index in [9.17, 15) is 22.4 Å². The average molecular weight is 537 g/mol. The molecule has 0 saturated heterocycles. The van der Waals surface area contributed by atoms with Crippen LogP contribution in [0.25, 0.3) is 11.1 Å². The van der Waals surface area contributed by atoms with Crippen LogP contribution in [0.3, 0.4) is 0 Å². The first-order chi connectivity index (χ1) is 17.2. The van der Waals surface area contributed by atoms with Gasteiger partial charge < -0.3 is 10.5 Å². The van der Waals surface area contributed by atoms with Crippen LogP contribution in [0, 0.1) is 5.82 Å². The number of carbonyl (C=O) groups excluding carboxylic acids is 1. The number of nitrogens with zero attached hydrogens (tertiary/aromatic N) is 3. The molecule has 2 unspecified atom stereocenters. The molecule has 0 radical (unpaired) electrons. The molecule has 11 heteroatoms. The van der Waals surface area contributed by atoms with Gasteiger partial charge in [-0.15, -0.1) is 0 Å². The molecule has 2 heterocycles. The number of fused-ring (bicyclic) bond motifs is 1. The van der Waals surface area contributed by atoms with E-state index in [4.69, 9.17) is 22.1 Å². The molecule has 2 aromatic carbocycles. The number of ether oxygens (including phenoxy) is 1. The van der Waals surface area contributed by atoms with Gasteiger partial charge in [-0.3, -0.25) is 9.58 Å². The van der Waals surface area contributed by atoms with E-state index in [1.165, 1.54) is 12.1 Å². The first-order valence-electron chi connectivity index (χ1n) is 11.8. The largest absolute Gasteiger partial charge is 0.444 e. The van der Waals surface area contributed by atoms with Gasteiger partial charge in [0.2, 0.25) is 0 Å². The average Bonchev–Trinajstić information content (AvgIpc) is 3.38. The monoisotopic (exact) mass is 536 g/mol. The normalized spacial score (nSPS) is 19.7. The number of alkyl halides is 3. The quantitative estimate of drug-likeness (QED) is 0.284. The number of benzene rings is 2. The number of hydrogen-bond acceptors (Lipinski definition) is 4. The van der Waals surface area contributed by atoms with E-state index in [2.05, 4.69) is 5.10 Å². The topological polar surface area (TPSA) is 73.4 Å². The van der Waals surface area contributed by atoms with Crippen molar-refractivity contribution in [2.45, 2.75) is 63.5 Å². The van der Waals surface area contributed by atoms with Crippen LogP contribution >= 0.6 is 11.6 Å². The van der Waals surface area contributed by atoms with Crippen LogP contribution in [-0.2, 0) is 4.74 Å². The molecule has 196 valence electrons. The number of amides is 1. The number of nitrogen functional groups attached to an aromatic ring is 1. The Morgan fingerprint density at radius 1 is 1.11 bits per heavy atom. The Labute approximate surface area is 215 Å². The van der Waals surface area contributed by atoms with Gasteiger partial charge in [0.25, 0.3) is 0 Å². The maximum atomic E-state index is 14.7. The van der Waals surface area contributed by atoms with Gasteiger partial charge >= 0.3 is 12.3 Å². The molecule has 37 heavy (non-hydrogen) atoms. The minimum Gasteiger partial charge on any atom is -0.444 e. The zero-order valence-electron chi connectivity index (χ0n) is 20.3. The van der Waals surface area contributed by atoms with Crippen molar-refractivity contribution in [2.24, 2.45) is 0 Å². The lowest BCUT2D eigenvalue weighted by Gasteiger charge is -2.34. The van der Waals surface area contributed by atoms with Crippen LogP contribution < -0.4 is 5.73 Å². The first-order valence-corrected chi connectivity index (χ1v) is 12.1. The molecule has 6 nitrogen and oxygen atoms in total. The molecule has 1 fully saturated rings. The van der Waals surface area contributed by atoms with Crippen molar-refractivity contribution in [1.29, 1.82) is 0 Å². The minimum absolute atomic E-state index is 0.0112. The molecule has 1 aliphatic carbocycles. The van der Waals surface area contributed by atoms with E-state index >= 15 is 0 Å². The van der Waals surface area contributed by atoms with Crippen LogP contribution in [0.5, 0.6) is 0 Å². The number of anilines is 1. The fourth-order valence-corrected chi connectivity index (χ4v) is 4.98.